The number of amides is 1. The van der Waals surface area contributed by atoms with Crippen molar-refractivity contribution in [1.82, 2.24) is 20.2 Å². The fourth-order valence-electron chi connectivity index (χ4n) is 2.88. The molecule has 7 heteroatoms. The number of H-pyrrole nitrogens is 1. The van der Waals surface area contributed by atoms with Gasteiger partial charge in [-0.15, -0.1) is 0 Å². The number of halogens is 2. The molecule has 23 heavy (non-hydrogen) atoms. The summed E-state index contributed by atoms with van der Waals surface area (Å²) >= 11 is 5.90. The van der Waals surface area contributed by atoms with Gasteiger partial charge in [-0.05, 0) is 31.0 Å². The van der Waals surface area contributed by atoms with Crippen LogP contribution in [-0.4, -0.2) is 40.4 Å². The number of hydrogen-bond donors (Lipinski definition) is 2. The normalized spacial score (nSPS) is 18.3. The smallest absolute Gasteiger partial charge is 0.255 e. The molecule has 1 saturated heterocycles. The second-order valence-corrected chi connectivity index (χ2v) is 6.18. The number of nitrogens with one attached hydrogen (secondary N) is 2. The lowest BCUT2D eigenvalue weighted by Crippen LogP contribution is -2.31. The van der Waals surface area contributed by atoms with Crippen LogP contribution in [0.1, 0.15) is 22.5 Å². The Labute approximate surface area is 138 Å². The lowest BCUT2D eigenvalue weighted by molar-refractivity contribution is 0.0943. The lowest BCUT2D eigenvalue weighted by atomic mass is 10.1. The zero-order valence-corrected chi connectivity index (χ0v) is 13.3. The van der Waals surface area contributed by atoms with Gasteiger partial charge in [0.15, 0.2) is 0 Å². The summed E-state index contributed by atoms with van der Waals surface area (Å²) in [5.41, 5.74) is 0.995. The van der Waals surface area contributed by atoms with E-state index in [4.69, 9.17) is 11.6 Å². The van der Waals surface area contributed by atoms with Gasteiger partial charge in [-0.3, -0.25) is 9.69 Å². The zero-order valence-electron chi connectivity index (χ0n) is 12.6. The SMILES string of the molecule is O=C(NCC1CCN(Cc2cnc[nH]2)C1)c1c(F)cccc1Cl. The predicted molar refractivity (Wildman–Crippen MR) is 85.7 cm³/mol. The van der Waals surface area contributed by atoms with Gasteiger partial charge in [0.2, 0.25) is 0 Å². The molecule has 1 atom stereocenters. The number of hydrogen-bond acceptors (Lipinski definition) is 3. The molecule has 0 spiro atoms. The van der Waals surface area contributed by atoms with E-state index in [1.165, 1.54) is 18.2 Å². The Kier molecular flexibility index (Phi) is 4.93. The van der Waals surface area contributed by atoms with E-state index < -0.39 is 11.7 Å². The van der Waals surface area contributed by atoms with Gasteiger partial charge < -0.3 is 10.3 Å². The number of carbonyl (C=O) groups is 1. The van der Waals surface area contributed by atoms with E-state index in [0.29, 0.717) is 12.5 Å². The third-order valence-electron chi connectivity index (χ3n) is 4.06. The number of benzene rings is 1. The molecule has 1 aliphatic rings. The van der Waals surface area contributed by atoms with Gasteiger partial charge in [-0.25, -0.2) is 9.37 Å². The van der Waals surface area contributed by atoms with Crippen molar-refractivity contribution in [3.05, 3.63) is 52.8 Å². The van der Waals surface area contributed by atoms with Crippen LogP contribution in [0.5, 0.6) is 0 Å². The highest BCUT2D eigenvalue weighted by Gasteiger charge is 2.24. The Morgan fingerprint density at radius 2 is 2.39 bits per heavy atom. The van der Waals surface area contributed by atoms with E-state index in [1.54, 1.807) is 6.33 Å². The number of aromatic amines is 1. The molecule has 0 saturated carbocycles. The maximum atomic E-state index is 13.7. The molecular formula is C16H18ClFN4O. The van der Waals surface area contributed by atoms with Crippen LogP contribution in [0.25, 0.3) is 0 Å². The average Bonchev–Trinajstić information content (AvgIpc) is 3.17. The molecule has 2 N–H and O–H groups in total. The summed E-state index contributed by atoms with van der Waals surface area (Å²) < 4.78 is 13.7. The first-order valence-electron chi connectivity index (χ1n) is 7.55. The van der Waals surface area contributed by atoms with Gasteiger partial charge in [0.25, 0.3) is 5.91 Å². The van der Waals surface area contributed by atoms with E-state index >= 15 is 0 Å². The number of likely N-dealkylation sites (tertiary alicyclic amines) is 1. The molecule has 5 nitrogen and oxygen atoms in total. The Balaban J connectivity index is 1.50. The molecule has 1 fully saturated rings. The second kappa shape index (κ2) is 7.10. The van der Waals surface area contributed by atoms with Gasteiger partial charge >= 0.3 is 0 Å². The molecule has 0 bridgehead atoms. The molecule has 0 aliphatic carbocycles. The van der Waals surface area contributed by atoms with Crippen molar-refractivity contribution in [2.45, 2.75) is 13.0 Å². The van der Waals surface area contributed by atoms with Crippen molar-refractivity contribution in [1.29, 1.82) is 0 Å². The van der Waals surface area contributed by atoms with E-state index in [-0.39, 0.29) is 10.6 Å². The number of rotatable bonds is 5. The van der Waals surface area contributed by atoms with Gasteiger partial charge in [0, 0.05) is 31.5 Å². The molecule has 0 radical (unpaired) electrons. The van der Waals surface area contributed by atoms with Crippen LogP contribution in [0.3, 0.4) is 0 Å². The summed E-state index contributed by atoms with van der Waals surface area (Å²) in [4.78, 5) is 21.5. The van der Waals surface area contributed by atoms with Crippen LogP contribution >= 0.6 is 11.6 Å². The van der Waals surface area contributed by atoms with Gasteiger partial charge in [0.05, 0.1) is 16.9 Å². The summed E-state index contributed by atoms with van der Waals surface area (Å²) in [6.45, 7) is 3.21. The van der Waals surface area contributed by atoms with E-state index in [2.05, 4.69) is 20.2 Å². The minimum absolute atomic E-state index is 0.0820. The number of aromatic nitrogens is 2. The number of imidazole rings is 1. The molecule has 1 aliphatic heterocycles. The van der Waals surface area contributed by atoms with Crippen molar-refractivity contribution in [3.63, 3.8) is 0 Å². The average molecular weight is 337 g/mol. The Morgan fingerprint density at radius 1 is 1.52 bits per heavy atom. The second-order valence-electron chi connectivity index (χ2n) is 5.77. The lowest BCUT2D eigenvalue weighted by Gasteiger charge is -2.15. The van der Waals surface area contributed by atoms with Crippen molar-refractivity contribution < 1.29 is 9.18 Å². The standard InChI is InChI=1S/C16H18ClFN4O/c17-13-2-1-3-14(18)15(13)16(23)20-6-11-4-5-22(8-11)9-12-7-19-10-21-12/h1-3,7,10-11H,4-6,8-9H2,(H,19,21)(H,20,23). The van der Waals surface area contributed by atoms with Crippen molar-refractivity contribution >= 4 is 17.5 Å². The third-order valence-corrected chi connectivity index (χ3v) is 4.37. The Morgan fingerprint density at radius 3 is 3.13 bits per heavy atom. The highest BCUT2D eigenvalue weighted by Crippen LogP contribution is 2.20. The van der Waals surface area contributed by atoms with Crippen LogP contribution in [0, 0.1) is 11.7 Å². The molecule has 1 aromatic heterocycles. The summed E-state index contributed by atoms with van der Waals surface area (Å²) in [7, 11) is 0. The number of nitrogens with zero attached hydrogens (tertiary/aromatic N) is 2. The molecule has 1 amide bonds. The maximum Gasteiger partial charge on any atom is 0.255 e. The highest BCUT2D eigenvalue weighted by atomic mass is 35.5. The molecule has 122 valence electrons. The van der Waals surface area contributed by atoms with Crippen LogP contribution in [0.15, 0.2) is 30.7 Å². The summed E-state index contributed by atoms with van der Waals surface area (Å²) in [5, 5.41) is 2.93. The highest BCUT2D eigenvalue weighted by molar-refractivity contribution is 6.33. The quantitative estimate of drug-likeness (QED) is 0.881. The van der Waals surface area contributed by atoms with Crippen LogP contribution in [-0.2, 0) is 6.54 Å². The van der Waals surface area contributed by atoms with Gasteiger partial charge in [-0.1, -0.05) is 17.7 Å². The van der Waals surface area contributed by atoms with Crippen LogP contribution < -0.4 is 5.32 Å². The first-order chi connectivity index (χ1) is 11.1. The van der Waals surface area contributed by atoms with Crippen molar-refractivity contribution in [3.8, 4) is 0 Å². The minimum atomic E-state index is -0.595. The van der Waals surface area contributed by atoms with E-state index in [0.717, 1.165) is 31.7 Å². The fraction of sp³-hybridized carbons (Fsp3) is 0.375. The van der Waals surface area contributed by atoms with Crippen molar-refractivity contribution in [2.24, 2.45) is 5.92 Å². The summed E-state index contributed by atoms with van der Waals surface area (Å²) in [5.74, 6) is -0.699. The molecular weight excluding hydrogens is 319 g/mol. The first kappa shape index (κ1) is 16.0. The third kappa shape index (κ3) is 3.89. The van der Waals surface area contributed by atoms with E-state index in [9.17, 15) is 9.18 Å². The molecule has 1 unspecified atom stereocenters. The van der Waals surface area contributed by atoms with Crippen molar-refractivity contribution in [2.75, 3.05) is 19.6 Å². The Hall–Kier alpha value is -1.92. The maximum absolute atomic E-state index is 13.7. The number of carbonyl (C=O) groups excluding carboxylic acids is 1. The van der Waals surface area contributed by atoms with E-state index in [1.807, 2.05) is 6.20 Å². The zero-order chi connectivity index (χ0) is 16.2. The monoisotopic (exact) mass is 336 g/mol. The Bertz CT molecular complexity index is 656. The topological polar surface area (TPSA) is 61.0 Å². The summed E-state index contributed by atoms with van der Waals surface area (Å²) in [6, 6.07) is 4.24. The molecule has 2 heterocycles. The van der Waals surface area contributed by atoms with Crippen LogP contribution in [0.4, 0.5) is 4.39 Å². The summed E-state index contributed by atoms with van der Waals surface area (Å²) in [6.07, 6.45) is 4.48. The van der Waals surface area contributed by atoms with Gasteiger partial charge in [-0.2, -0.15) is 0 Å². The first-order valence-corrected chi connectivity index (χ1v) is 7.93. The molecule has 1 aromatic carbocycles. The van der Waals surface area contributed by atoms with Crippen LogP contribution in [0.2, 0.25) is 5.02 Å². The predicted octanol–water partition coefficient (Wildman–Crippen LogP) is 2.45. The fourth-order valence-corrected chi connectivity index (χ4v) is 3.12. The minimum Gasteiger partial charge on any atom is -0.352 e. The molecule has 3 rings (SSSR count). The largest absolute Gasteiger partial charge is 0.352 e. The molecule has 2 aromatic rings. The van der Waals surface area contributed by atoms with Gasteiger partial charge in [0.1, 0.15) is 5.82 Å².